The number of esters is 1. The number of hydrogen-bond donors (Lipinski definition) is 1. The molecule has 0 spiro atoms. The molecular weight excluding hydrogens is 354 g/mol. The van der Waals surface area contributed by atoms with Gasteiger partial charge in [0.1, 0.15) is 5.75 Å². The third kappa shape index (κ3) is 4.72. The van der Waals surface area contributed by atoms with Crippen LogP contribution in [0.1, 0.15) is 36.5 Å². The normalized spacial score (nSPS) is 17.4. The summed E-state index contributed by atoms with van der Waals surface area (Å²) >= 11 is 1.03. The van der Waals surface area contributed by atoms with E-state index in [-0.39, 0.29) is 4.91 Å². The highest BCUT2D eigenvalue weighted by Gasteiger charge is 2.25. The zero-order valence-electron chi connectivity index (χ0n) is 15.3. The summed E-state index contributed by atoms with van der Waals surface area (Å²) < 4.78 is 9.93. The van der Waals surface area contributed by atoms with Crippen LogP contribution in [0.15, 0.2) is 33.3 Å². The maximum absolute atomic E-state index is 11.8. The molecule has 7 nitrogen and oxygen atoms in total. The number of thioether (sulfide) groups is 1. The van der Waals surface area contributed by atoms with Gasteiger partial charge in [-0.2, -0.15) is 5.10 Å². The first-order valence-corrected chi connectivity index (χ1v) is 8.75. The minimum Gasteiger partial charge on any atom is -0.496 e. The fourth-order valence-electron chi connectivity index (χ4n) is 2.27. The summed E-state index contributed by atoms with van der Waals surface area (Å²) in [7, 11) is 2.90. The van der Waals surface area contributed by atoms with E-state index in [1.54, 1.807) is 13.3 Å². The highest BCUT2D eigenvalue weighted by atomic mass is 32.2. The molecular formula is C18H21N3O4S. The van der Waals surface area contributed by atoms with E-state index in [1.165, 1.54) is 7.11 Å². The van der Waals surface area contributed by atoms with Crippen molar-refractivity contribution in [3.63, 3.8) is 0 Å². The Morgan fingerprint density at radius 3 is 2.65 bits per heavy atom. The van der Waals surface area contributed by atoms with Gasteiger partial charge in [0, 0.05) is 6.08 Å². The van der Waals surface area contributed by atoms with Crippen LogP contribution in [0.2, 0.25) is 0 Å². The van der Waals surface area contributed by atoms with Crippen molar-refractivity contribution in [3.8, 4) is 5.75 Å². The Labute approximate surface area is 156 Å². The molecule has 26 heavy (non-hydrogen) atoms. The van der Waals surface area contributed by atoms with Crippen LogP contribution in [-0.4, -0.2) is 37.5 Å². The van der Waals surface area contributed by atoms with Gasteiger partial charge in [0.25, 0.3) is 5.91 Å². The van der Waals surface area contributed by atoms with Crippen molar-refractivity contribution in [1.29, 1.82) is 0 Å². The van der Waals surface area contributed by atoms with Gasteiger partial charge in [-0.1, -0.05) is 13.8 Å². The lowest BCUT2D eigenvalue weighted by Gasteiger charge is -2.14. The summed E-state index contributed by atoms with van der Waals surface area (Å²) in [5, 5.41) is 10.9. The number of hydrogen-bond acceptors (Lipinski definition) is 7. The van der Waals surface area contributed by atoms with Gasteiger partial charge in [0.2, 0.25) is 0 Å². The minimum atomic E-state index is -0.595. The van der Waals surface area contributed by atoms with E-state index in [4.69, 9.17) is 4.74 Å². The van der Waals surface area contributed by atoms with Crippen LogP contribution >= 0.6 is 11.8 Å². The molecule has 1 aliphatic heterocycles. The van der Waals surface area contributed by atoms with Crippen molar-refractivity contribution >= 4 is 35.0 Å². The number of carbonyl (C=O) groups excluding carboxylic acids is 2. The smallest absolute Gasteiger partial charge is 0.331 e. The first kappa shape index (κ1) is 19.7. The summed E-state index contributed by atoms with van der Waals surface area (Å²) in [5.74, 6) is 0.149. The van der Waals surface area contributed by atoms with Gasteiger partial charge in [0.15, 0.2) is 5.17 Å². The highest BCUT2D eigenvalue weighted by molar-refractivity contribution is 8.18. The summed E-state index contributed by atoms with van der Waals surface area (Å²) in [6.07, 6.45) is 2.75. The number of amides is 1. The van der Waals surface area contributed by atoms with Crippen molar-refractivity contribution in [2.24, 2.45) is 10.2 Å². The Kier molecular flexibility index (Phi) is 6.57. The first-order chi connectivity index (χ1) is 12.3. The van der Waals surface area contributed by atoms with E-state index in [9.17, 15) is 9.59 Å². The molecule has 138 valence electrons. The van der Waals surface area contributed by atoms with Crippen LogP contribution < -0.4 is 10.1 Å². The monoisotopic (exact) mass is 375 g/mol. The van der Waals surface area contributed by atoms with E-state index in [2.05, 4.69) is 34.1 Å². The molecule has 1 fully saturated rings. The number of amidine groups is 1. The molecule has 1 N–H and O–H groups in total. The summed E-state index contributed by atoms with van der Waals surface area (Å²) in [4.78, 5) is 23.2. The Morgan fingerprint density at radius 1 is 1.31 bits per heavy atom. The molecule has 0 aliphatic carbocycles. The van der Waals surface area contributed by atoms with E-state index < -0.39 is 11.9 Å². The predicted octanol–water partition coefficient (Wildman–Crippen LogP) is 2.74. The number of methoxy groups -OCH3 is 2. The van der Waals surface area contributed by atoms with Crippen molar-refractivity contribution in [3.05, 3.63) is 39.8 Å². The Morgan fingerprint density at radius 2 is 2.04 bits per heavy atom. The number of nitrogens with zero attached hydrogens (tertiary/aromatic N) is 2. The SMILES string of the molecule is COC(=O)/C=C1/S/C(=N\N=Cc2cc(C(C)C)c(OC)cc2C)NC1=O. The lowest BCUT2D eigenvalue weighted by Crippen LogP contribution is -2.19. The third-order valence-electron chi connectivity index (χ3n) is 3.69. The van der Waals surface area contributed by atoms with Crippen LogP contribution in [0.3, 0.4) is 0 Å². The Hall–Kier alpha value is -2.61. The van der Waals surface area contributed by atoms with Gasteiger partial charge < -0.3 is 9.47 Å². The number of ether oxygens (including phenoxy) is 2. The van der Waals surface area contributed by atoms with Crippen molar-refractivity contribution in [1.82, 2.24) is 5.32 Å². The molecule has 0 unspecified atom stereocenters. The lowest BCUT2D eigenvalue weighted by atomic mass is 9.97. The molecule has 0 radical (unpaired) electrons. The van der Waals surface area contributed by atoms with Gasteiger partial charge in [-0.3, -0.25) is 10.1 Å². The number of carbonyl (C=O) groups is 2. The quantitative estimate of drug-likeness (QED) is 0.370. The van der Waals surface area contributed by atoms with E-state index >= 15 is 0 Å². The summed E-state index contributed by atoms with van der Waals surface area (Å²) in [6.45, 7) is 6.15. The Balaban J connectivity index is 2.19. The maximum Gasteiger partial charge on any atom is 0.331 e. The molecule has 0 atom stereocenters. The van der Waals surface area contributed by atoms with E-state index in [0.29, 0.717) is 11.1 Å². The van der Waals surface area contributed by atoms with Gasteiger partial charge in [-0.25, -0.2) is 4.79 Å². The van der Waals surface area contributed by atoms with Crippen LogP contribution in [-0.2, 0) is 14.3 Å². The second kappa shape index (κ2) is 8.66. The Bertz CT molecular complexity index is 813. The van der Waals surface area contributed by atoms with Gasteiger partial charge in [-0.15, -0.1) is 5.10 Å². The van der Waals surface area contributed by atoms with Crippen molar-refractivity contribution < 1.29 is 19.1 Å². The molecule has 0 aromatic heterocycles. The van der Waals surface area contributed by atoms with Gasteiger partial charge in [0.05, 0.1) is 25.3 Å². The number of aryl methyl sites for hydroxylation is 1. The molecule has 1 saturated heterocycles. The fraction of sp³-hybridized carbons (Fsp3) is 0.333. The zero-order valence-corrected chi connectivity index (χ0v) is 16.1. The molecule has 2 rings (SSSR count). The first-order valence-electron chi connectivity index (χ1n) is 7.94. The van der Waals surface area contributed by atoms with Crippen LogP contribution in [0.4, 0.5) is 0 Å². The van der Waals surface area contributed by atoms with Crippen molar-refractivity contribution in [2.75, 3.05) is 14.2 Å². The van der Waals surface area contributed by atoms with Gasteiger partial charge in [-0.05, 0) is 53.4 Å². The van der Waals surface area contributed by atoms with Gasteiger partial charge >= 0.3 is 5.97 Å². The van der Waals surface area contributed by atoms with E-state index in [1.807, 2.05) is 19.1 Å². The minimum absolute atomic E-state index is 0.216. The molecule has 0 bridgehead atoms. The zero-order chi connectivity index (χ0) is 19.3. The second-order valence-corrected chi connectivity index (χ2v) is 6.87. The average Bonchev–Trinajstić information content (AvgIpc) is 2.94. The number of benzene rings is 1. The molecule has 1 aromatic rings. The molecule has 1 aromatic carbocycles. The number of rotatable bonds is 5. The van der Waals surface area contributed by atoms with E-state index in [0.717, 1.165) is 40.3 Å². The second-order valence-electron chi connectivity index (χ2n) is 5.84. The third-order valence-corrected chi connectivity index (χ3v) is 4.59. The van der Waals surface area contributed by atoms with Crippen LogP contribution in [0.25, 0.3) is 0 Å². The standard InChI is InChI=1S/C18H21N3O4S/c1-10(2)13-7-12(11(3)6-14(13)24-4)9-19-21-18-20-17(23)15(26-18)8-16(22)25-5/h6-10H,1-5H3,(H,20,21,23)/b15-8+,19-9?. The topological polar surface area (TPSA) is 89.3 Å². The van der Waals surface area contributed by atoms with Crippen LogP contribution in [0.5, 0.6) is 5.75 Å². The molecule has 0 saturated carbocycles. The molecule has 1 amide bonds. The van der Waals surface area contributed by atoms with Crippen LogP contribution in [0, 0.1) is 6.92 Å². The highest BCUT2D eigenvalue weighted by Crippen LogP contribution is 2.29. The molecule has 8 heteroatoms. The molecule has 1 aliphatic rings. The average molecular weight is 375 g/mol. The molecule has 1 heterocycles. The van der Waals surface area contributed by atoms with Crippen molar-refractivity contribution in [2.45, 2.75) is 26.7 Å². The maximum atomic E-state index is 11.8. The fourth-order valence-corrected chi connectivity index (χ4v) is 3.01. The summed E-state index contributed by atoms with van der Waals surface area (Å²) in [6, 6.07) is 3.98. The number of nitrogens with one attached hydrogen (secondary N) is 1. The summed E-state index contributed by atoms with van der Waals surface area (Å²) in [5.41, 5.74) is 3.00. The lowest BCUT2D eigenvalue weighted by molar-refractivity contribution is -0.135. The largest absolute Gasteiger partial charge is 0.496 e. The predicted molar refractivity (Wildman–Crippen MR) is 103 cm³/mol.